The number of nitrogens with one attached hydrogen (secondary N) is 2. The van der Waals surface area contributed by atoms with Gasteiger partial charge in [-0.2, -0.15) is 0 Å². The molecule has 1 amide bonds. The first-order valence-corrected chi connectivity index (χ1v) is 6.63. The van der Waals surface area contributed by atoms with Crippen molar-refractivity contribution in [1.29, 1.82) is 0 Å². The third-order valence-corrected chi connectivity index (χ3v) is 3.78. The highest BCUT2D eigenvalue weighted by atomic mass is 16.2. The van der Waals surface area contributed by atoms with Crippen LogP contribution in [0.2, 0.25) is 0 Å². The molecule has 0 bridgehead atoms. The second kappa shape index (κ2) is 4.94. The second-order valence-corrected chi connectivity index (χ2v) is 5.07. The predicted molar refractivity (Wildman–Crippen MR) is 72.3 cm³/mol. The highest BCUT2D eigenvalue weighted by molar-refractivity contribution is 6.02. The Morgan fingerprint density at radius 3 is 3.00 bits per heavy atom. The number of hydrogen-bond acceptors (Lipinski definition) is 2. The van der Waals surface area contributed by atoms with Gasteiger partial charge in [-0.15, -0.1) is 0 Å². The van der Waals surface area contributed by atoms with E-state index in [0.717, 1.165) is 24.2 Å². The monoisotopic (exact) mass is 242 g/mol. The van der Waals surface area contributed by atoms with Gasteiger partial charge in [-0.05, 0) is 37.8 Å². The molecule has 2 atom stereocenters. The fourth-order valence-corrected chi connectivity index (χ4v) is 2.74. The quantitative estimate of drug-likeness (QED) is 0.800. The molecule has 1 aromatic rings. The molecule has 0 radical (unpaired) electrons. The summed E-state index contributed by atoms with van der Waals surface area (Å²) in [5.41, 5.74) is 2.03. The van der Waals surface area contributed by atoms with E-state index >= 15 is 0 Å². The van der Waals surface area contributed by atoms with Gasteiger partial charge in [-0.25, -0.2) is 0 Å². The van der Waals surface area contributed by atoms with E-state index in [-0.39, 0.29) is 11.9 Å². The number of para-hydroxylation sites is 1. The van der Waals surface area contributed by atoms with Gasteiger partial charge in [0.05, 0.1) is 0 Å². The minimum Gasteiger partial charge on any atom is -0.324 e. The first-order chi connectivity index (χ1) is 8.84. The van der Waals surface area contributed by atoms with Gasteiger partial charge < -0.3 is 10.6 Å². The molecule has 3 heteroatoms. The van der Waals surface area contributed by atoms with Crippen LogP contribution in [0.5, 0.6) is 0 Å². The van der Waals surface area contributed by atoms with Crippen molar-refractivity contribution in [2.24, 2.45) is 5.92 Å². The maximum Gasteiger partial charge on any atom is 0.246 e. The van der Waals surface area contributed by atoms with Crippen LogP contribution in [0.1, 0.15) is 30.9 Å². The van der Waals surface area contributed by atoms with Gasteiger partial charge in [0.1, 0.15) is 6.04 Å². The lowest BCUT2D eigenvalue weighted by Crippen LogP contribution is -2.32. The summed E-state index contributed by atoms with van der Waals surface area (Å²) in [5, 5.41) is 6.33. The molecular formula is C15H18N2O. The van der Waals surface area contributed by atoms with Crippen LogP contribution >= 0.6 is 0 Å². The lowest BCUT2D eigenvalue weighted by Gasteiger charge is -2.20. The standard InChI is InChI=1S/C15H18N2O/c18-15-14(12-8-4-5-9-13(12)17-15)16-10-11-6-2-1-3-7-11/h1-2,4-5,8-9,11,14,16H,3,6-7,10H2,(H,17,18). The molecule has 1 aliphatic heterocycles. The van der Waals surface area contributed by atoms with Gasteiger partial charge >= 0.3 is 0 Å². The summed E-state index contributed by atoms with van der Waals surface area (Å²) in [5.74, 6) is 0.734. The topological polar surface area (TPSA) is 41.1 Å². The van der Waals surface area contributed by atoms with E-state index in [1.807, 2.05) is 24.3 Å². The Morgan fingerprint density at radius 1 is 1.28 bits per heavy atom. The Morgan fingerprint density at radius 2 is 2.17 bits per heavy atom. The SMILES string of the molecule is O=C1Nc2ccccc2C1NCC1CC=CCC1. The summed E-state index contributed by atoms with van der Waals surface area (Å²) in [6, 6.07) is 7.74. The van der Waals surface area contributed by atoms with Crippen molar-refractivity contribution in [3.8, 4) is 0 Å². The Hall–Kier alpha value is -1.61. The smallest absolute Gasteiger partial charge is 0.246 e. The van der Waals surface area contributed by atoms with Crippen LogP contribution < -0.4 is 10.6 Å². The number of hydrogen-bond donors (Lipinski definition) is 2. The Balaban J connectivity index is 1.66. The molecule has 3 nitrogen and oxygen atoms in total. The van der Waals surface area contributed by atoms with Crippen LogP contribution in [0.3, 0.4) is 0 Å². The van der Waals surface area contributed by atoms with Crippen molar-refractivity contribution in [1.82, 2.24) is 5.32 Å². The molecule has 1 heterocycles. The summed E-state index contributed by atoms with van der Waals surface area (Å²) in [6.07, 6.45) is 8.01. The van der Waals surface area contributed by atoms with Crippen LogP contribution in [-0.4, -0.2) is 12.5 Å². The summed E-state index contributed by atoms with van der Waals surface area (Å²) in [7, 11) is 0. The van der Waals surface area contributed by atoms with Crippen LogP contribution in [-0.2, 0) is 4.79 Å². The highest BCUT2D eigenvalue weighted by Crippen LogP contribution is 2.30. The number of carbonyl (C=O) groups is 1. The van der Waals surface area contributed by atoms with E-state index in [1.54, 1.807) is 0 Å². The van der Waals surface area contributed by atoms with Crippen LogP contribution in [0.25, 0.3) is 0 Å². The van der Waals surface area contributed by atoms with Gasteiger partial charge in [0.25, 0.3) is 0 Å². The lowest BCUT2D eigenvalue weighted by molar-refractivity contribution is -0.117. The number of fused-ring (bicyclic) bond motifs is 1. The second-order valence-electron chi connectivity index (χ2n) is 5.07. The molecule has 94 valence electrons. The summed E-state index contributed by atoms with van der Waals surface area (Å²) >= 11 is 0. The maximum atomic E-state index is 11.9. The van der Waals surface area contributed by atoms with Crippen LogP contribution in [0.15, 0.2) is 36.4 Å². The average Bonchev–Trinajstić information content (AvgIpc) is 2.73. The summed E-state index contributed by atoms with van der Waals surface area (Å²) in [6.45, 7) is 0.913. The van der Waals surface area contributed by atoms with E-state index in [0.29, 0.717) is 5.92 Å². The zero-order valence-electron chi connectivity index (χ0n) is 10.4. The van der Waals surface area contributed by atoms with E-state index in [9.17, 15) is 4.79 Å². The number of benzene rings is 1. The van der Waals surface area contributed by atoms with Gasteiger partial charge in [-0.3, -0.25) is 4.79 Å². The number of carbonyl (C=O) groups excluding carboxylic acids is 1. The Kier molecular flexibility index (Phi) is 3.15. The molecule has 0 saturated carbocycles. The molecule has 0 saturated heterocycles. The third-order valence-electron chi connectivity index (χ3n) is 3.78. The lowest BCUT2D eigenvalue weighted by atomic mass is 9.94. The number of amides is 1. The van der Waals surface area contributed by atoms with Crippen LogP contribution in [0, 0.1) is 5.92 Å². The minimum atomic E-state index is -0.174. The van der Waals surface area contributed by atoms with Crippen molar-refractivity contribution in [2.45, 2.75) is 25.3 Å². The van der Waals surface area contributed by atoms with Gasteiger partial charge in [-0.1, -0.05) is 30.4 Å². The van der Waals surface area contributed by atoms with Crippen molar-refractivity contribution in [3.63, 3.8) is 0 Å². The van der Waals surface area contributed by atoms with Crippen LogP contribution in [0.4, 0.5) is 5.69 Å². The predicted octanol–water partition coefficient (Wildman–Crippen LogP) is 2.63. The number of rotatable bonds is 3. The molecule has 18 heavy (non-hydrogen) atoms. The zero-order valence-corrected chi connectivity index (χ0v) is 10.4. The molecule has 0 aromatic heterocycles. The Bertz CT molecular complexity index is 481. The fraction of sp³-hybridized carbons (Fsp3) is 0.400. The first-order valence-electron chi connectivity index (χ1n) is 6.63. The van der Waals surface area contributed by atoms with Crippen molar-refractivity contribution in [2.75, 3.05) is 11.9 Å². The molecule has 1 aromatic carbocycles. The van der Waals surface area contributed by atoms with E-state index in [2.05, 4.69) is 22.8 Å². The average molecular weight is 242 g/mol. The van der Waals surface area contributed by atoms with Gasteiger partial charge in [0.15, 0.2) is 0 Å². The molecule has 0 spiro atoms. The maximum absolute atomic E-state index is 11.9. The number of allylic oxidation sites excluding steroid dienone is 2. The molecular weight excluding hydrogens is 224 g/mol. The minimum absolute atomic E-state index is 0.0718. The highest BCUT2D eigenvalue weighted by Gasteiger charge is 2.30. The molecule has 3 rings (SSSR count). The van der Waals surface area contributed by atoms with E-state index < -0.39 is 0 Å². The molecule has 1 aliphatic carbocycles. The van der Waals surface area contributed by atoms with E-state index in [4.69, 9.17) is 0 Å². The van der Waals surface area contributed by atoms with Crippen molar-refractivity contribution >= 4 is 11.6 Å². The molecule has 2 N–H and O–H groups in total. The van der Waals surface area contributed by atoms with E-state index in [1.165, 1.54) is 12.8 Å². The van der Waals surface area contributed by atoms with Gasteiger partial charge in [0, 0.05) is 11.3 Å². The molecule has 2 aliphatic rings. The largest absolute Gasteiger partial charge is 0.324 e. The van der Waals surface area contributed by atoms with Crippen molar-refractivity contribution in [3.05, 3.63) is 42.0 Å². The fourth-order valence-electron chi connectivity index (χ4n) is 2.74. The molecule has 0 fully saturated rings. The third kappa shape index (κ3) is 2.18. The number of anilines is 1. The molecule has 2 unspecified atom stereocenters. The van der Waals surface area contributed by atoms with Crippen molar-refractivity contribution < 1.29 is 4.79 Å². The first kappa shape index (κ1) is 11.5. The summed E-state index contributed by atoms with van der Waals surface area (Å²) in [4.78, 5) is 11.9. The Labute approximate surface area is 107 Å². The summed E-state index contributed by atoms with van der Waals surface area (Å²) < 4.78 is 0. The normalized spacial score (nSPS) is 25.9. The zero-order chi connectivity index (χ0) is 12.4. The van der Waals surface area contributed by atoms with Gasteiger partial charge in [0.2, 0.25) is 5.91 Å².